The van der Waals surface area contributed by atoms with Crippen LogP contribution in [0.5, 0.6) is 0 Å². The number of nitrogens with two attached hydrogens (primary N) is 1. The van der Waals surface area contributed by atoms with Gasteiger partial charge >= 0.3 is 0 Å². The number of hydrogen-bond donors (Lipinski definition) is 1. The fourth-order valence-corrected chi connectivity index (χ4v) is 3.12. The van der Waals surface area contributed by atoms with Gasteiger partial charge in [0.2, 0.25) is 0 Å². The van der Waals surface area contributed by atoms with Crippen LogP contribution in [0.25, 0.3) is 22.5 Å². The Hall–Kier alpha value is -1.59. The van der Waals surface area contributed by atoms with E-state index in [4.69, 9.17) is 10.3 Å². The number of aryl methyl sites for hydroxylation is 1. The van der Waals surface area contributed by atoms with E-state index in [1.807, 2.05) is 49.4 Å². The molecule has 3 aromatic rings. The molecule has 0 fully saturated rings. The molecule has 0 saturated heterocycles. The normalized spacial score (nSPS) is 10.8. The molecule has 0 radical (unpaired) electrons. The fraction of sp³-hybridized carbons (Fsp3) is 0.0625. The molecule has 3 nitrogen and oxygen atoms in total. The molecule has 0 bridgehead atoms. The van der Waals surface area contributed by atoms with Crippen LogP contribution in [0.4, 0.5) is 5.82 Å². The molecule has 0 spiro atoms. The van der Waals surface area contributed by atoms with Gasteiger partial charge in [0.05, 0.1) is 5.56 Å². The van der Waals surface area contributed by atoms with E-state index in [2.05, 4.69) is 37.0 Å². The van der Waals surface area contributed by atoms with Crippen molar-refractivity contribution in [1.29, 1.82) is 0 Å². The molecule has 1 aromatic heterocycles. The molecule has 0 aliphatic heterocycles. The number of hydrogen-bond acceptors (Lipinski definition) is 3. The average Bonchev–Trinajstić information content (AvgIpc) is 2.82. The van der Waals surface area contributed by atoms with Crippen LogP contribution in [0.1, 0.15) is 5.56 Å². The first-order valence-electron chi connectivity index (χ1n) is 6.34. The monoisotopic (exact) mass is 406 g/mol. The number of nitrogen functional groups attached to an aromatic ring is 1. The minimum Gasteiger partial charge on any atom is -0.380 e. The van der Waals surface area contributed by atoms with Gasteiger partial charge in [0.25, 0.3) is 0 Å². The Morgan fingerprint density at radius 3 is 2.43 bits per heavy atom. The molecule has 0 amide bonds. The molecule has 5 heteroatoms. The molecule has 0 atom stereocenters. The molecule has 21 heavy (non-hydrogen) atoms. The number of benzene rings is 2. The van der Waals surface area contributed by atoms with Crippen LogP contribution in [-0.2, 0) is 0 Å². The SMILES string of the molecule is Cc1ccc(-c2onc(N)c2-c2ccc(Br)cc2)c(Br)c1. The number of aromatic nitrogens is 1. The first kappa shape index (κ1) is 14.4. The van der Waals surface area contributed by atoms with Crippen molar-refractivity contribution in [1.82, 2.24) is 5.16 Å². The Bertz CT molecular complexity index is 795. The van der Waals surface area contributed by atoms with Crippen LogP contribution in [0.15, 0.2) is 55.9 Å². The maximum absolute atomic E-state index is 6.00. The Kier molecular flexibility index (Phi) is 3.87. The van der Waals surface area contributed by atoms with E-state index in [9.17, 15) is 0 Å². The summed E-state index contributed by atoms with van der Waals surface area (Å²) in [6.45, 7) is 2.04. The maximum atomic E-state index is 6.00. The van der Waals surface area contributed by atoms with E-state index in [0.717, 1.165) is 25.6 Å². The van der Waals surface area contributed by atoms with Crippen molar-refractivity contribution in [3.8, 4) is 22.5 Å². The summed E-state index contributed by atoms with van der Waals surface area (Å²) in [6.07, 6.45) is 0. The second-order valence-electron chi connectivity index (χ2n) is 4.76. The van der Waals surface area contributed by atoms with Crippen molar-refractivity contribution in [2.45, 2.75) is 6.92 Å². The van der Waals surface area contributed by atoms with Gasteiger partial charge in [0, 0.05) is 14.5 Å². The summed E-state index contributed by atoms with van der Waals surface area (Å²) in [5.74, 6) is 1.06. The first-order valence-corrected chi connectivity index (χ1v) is 7.92. The molecule has 1 heterocycles. The van der Waals surface area contributed by atoms with Gasteiger partial charge in [-0.3, -0.25) is 0 Å². The molecule has 0 aliphatic carbocycles. The van der Waals surface area contributed by atoms with Gasteiger partial charge in [-0.2, -0.15) is 0 Å². The van der Waals surface area contributed by atoms with Gasteiger partial charge in [-0.25, -0.2) is 0 Å². The maximum Gasteiger partial charge on any atom is 0.178 e. The van der Waals surface area contributed by atoms with Crippen LogP contribution in [0.3, 0.4) is 0 Å². The van der Waals surface area contributed by atoms with E-state index >= 15 is 0 Å². The van der Waals surface area contributed by atoms with Crippen LogP contribution in [-0.4, -0.2) is 5.16 Å². The summed E-state index contributed by atoms with van der Waals surface area (Å²) < 4.78 is 7.44. The van der Waals surface area contributed by atoms with Crippen molar-refractivity contribution in [2.24, 2.45) is 0 Å². The lowest BCUT2D eigenvalue weighted by Crippen LogP contribution is -1.89. The van der Waals surface area contributed by atoms with Gasteiger partial charge in [-0.15, -0.1) is 0 Å². The summed E-state index contributed by atoms with van der Waals surface area (Å²) in [7, 11) is 0. The Morgan fingerprint density at radius 2 is 1.76 bits per heavy atom. The molecule has 0 aliphatic rings. The third-order valence-electron chi connectivity index (χ3n) is 3.22. The average molecular weight is 408 g/mol. The molecule has 0 unspecified atom stereocenters. The summed E-state index contributed by atoms with van der Waals surface area (Å²) in [5.41, 5.74) is 9.88. The Morgan fingerprint density at radius 1 is 1.05 bits per heavy atom. The molecule has 0 saturated carbocycles. The van der Waals surface area contributed by atoms with E-state index in [0.29, 0.717) is 11.6 Å². The van der Waals surface area contributed by atoms with Gasteiger partial charge < -0.3 is 10.3 Å². The molecule has 2 N–H and O–H groups in total. The number of halogens is 2. The molecular weight excluding hydrogens is 396 g/mol. The van der Waals surface area contributed by atoms with E-state index in [1.54, 1.807) is 0 Å². The van der Waals surface area contributed by atoms with Crippen molar-refractivity contribution >= 4 is 37.7 Å². The third kappa shape index (κ3) is 2.76. The zero-order valence-electron chi connectivity index (χ0n) is 11.2. The highest BCUT2D eigenvalue weighted by molar-refractivity contribution is 9.10. The standard InChI is InChI=1S/C16H12Br2N2O/c1-9-2-7-12(13(18)8-9)15-14(16(19)20-21-15)10-3-5-11(17)6-4-10/h2-8H,1H3,(H2,19,20). The quantitative estimate of drug-likeness (QED) is 0.616. The van der Waals surface area contributed by atoms with Gasteiger partial charge in [-0.1, -0.05) is 55.2 Å². The van der Waals surface area contributed by atoms with Crippen molar-refractivity contribution in [2.75, 3.05) is 5.73 Å². The van der Waals surface area contributed by atoms with Crippen LogP contribution < -0.4 is 5.73 Å². The Balaban J connectivity index is 2.19. The lowest BCUT2D eigenvalue weighted by molar-refractivity contribution is 0.436. The van der Waals surface area contributed by atoms with E-state index < -0.39 is 0 Å². The van der Waals surface area contributed by atoms with E-state index in [-0.39, 0.29) is 0 Å². The second kappa shape index (κ2) is 5.66. The van der Waals surface area contributed by atoms with Crippen LogP contribution in [0.2, 0.25) is 0 Å². The molecule has 3 rings (SSSR count). The molecule has 2 aromatic carbocycles. The van der Waals surface area contributed by atoms with E-state index in [1.165, 1.54) is 5.56 Å². The van der Waals surface area contributed by atoms with Crippen molar-refractivity contribution in [3.63, 3.8) is 0 Å². The third-order valence-corrected chi connectivity index (χ3v) is 4.41. The summed E-state index contributed by atoms with van der Waals surface area (Å²) in [4.78, 5) is 0. The predicted octanol–water partition coefficient (Wildman–Crippen LogP) is 5.42. The summed E-state index contributed by atoms with van der Waals surface area (Å²) in [5, 5.41) is 3.93. The van der Waals surface area contributed by atoms with Gasteiger partial charge in [0.15, 0.2) is 11.6 Å². The van der Waals surface area contributed by atoms with Crippen LogP contribution in [0, 0.1) is 6.92 Å². The topological polar surface area (TPSA) is 52.0 Å². The minimum atomic E-state index is 0.389. The Labute approximate surface area is 139 Å². The smallest absolute Gasteiger partial charge is 0.178 e. The highest BCUT2D eigenvalue weighted by atomic mass is 79.9. The van der Waals surface area contributed by atoms with Crippen LogP contribution >= 0.6 is 31.9 Å². The number of anilines is 1. The first-order chi connectivity index (χ1) is 10.1. The second-order valence-corrected chi connectivity index (χ2v) is 6.53. The van der Waals surface area contributed by atoms with Crippen molar-refractivity contribution < 1.29 is 4.52 Å². The summed E-state index contributed by atoms with van der Waals surface area (Å²) >= 11 is 7.01. The highest BCUT2D eigenvalue weighted by Crippen LogP contribution is 2.40. The van der Waals surface area contributed by atoms with Crippen molar-refractivity contribution in [3.05, 3.63) is 57.0 Å². The minimum absolute atomic E-state index is 0.389. The predicted molar refractivity (Wildman–Crippen MR) is 91.9 cm³/mol. The molecule has 106 valence electrons. The summed E-state index contributed by atoms with van der Waals surface area (Å²) in [6, 6.07) is 14.0. The largest absolute Gasteiger partial charge is 0.380 e. The van der Waals surface area contributed by atoms with Gasteiger partial charge in [0.1, 0.15) is 0 Å². The highest BCUT2D eigenvalue weighted by Gasteiger charge is 2.19. The number of rotatable bonds is 2. The molecular formula is C16H12Br2N2O. The lowest BCUT2D eigenvalue weighted by Gasteiger charge is -2.06. The zero-order chi connectivity index (χ0) is 15.0. The lowest BCUT2D eigenvalue weighted by atomic mass is 10.0. The fourth-order valence-electron chi connectivity index (χ4n) is 2.19. The van der Waals surface area contributed by atoms with Gasteiger partial charge in [-0.05, 0) is 42.3 Å². The number of nitrogens with zero attached hydrogens (tertiary/aromatic N) is 1. The zero-order valence-corrected chi connectivity index (χ0v) is 14.4.